The predicted molar refractivity (Wildman–Crippen MR) is 73.1 cm³/mol. The molecule has 0 atom stereocenters. The van der Waals surface area contributed by atoms with Crippen molar-refractivity contribution in [3.05, 3.63) is 48.0 Å². The Labute approximate surface area is 117 Å². The normalized spacial score (nSPS) is 11.8. The summed E-state index contributed by atoms with van der Waals surface area (Å²) in [5.74, 6) is 0. The first-order valence-corrected chi connectivity index (χ1v) is 6.03. The van der Waals surface area contributed by atoms with E-state index in [-0.39, 0.29) is 11.7 Å². The van der Waals surface area contributed by atoms with Crippen molar-refractivity contribution in [2.24, 2.45) is 0 Å². The molecule has 2 aromatic carbocycles. The maximum atomic E-state index is 12.9. The number of fused-ring (bicyclic) bond motifs is 1. The van der Waals surface area contributed by atoms with Crippen molar-refractivity contribution in [2.45, 2.75) is 6.18 Å². The van der Waals surface area contributed by atoms with Crippen molar-refractivity contribution in [3.63, 3.8) is 0 Å². The fourth-order valence-electron chi connectivity index (χ4n) is 1.95. The highest BCUT2D eigenvalue weighted by atomic mass is 19.4. The van der Waals surface area contributed by atoms with Gasteiger partial charge in [0.15, 0.2) is 5.58 Å². The molecule has 0 amide bonds. The average Bonchev–Trinajstić information content (AvgIpc) is 2.79. The van der Waals surface area contributed by atoms with Crippen molar-refractivity contribution in [1.82, 2.24) is 4.98 Å². The van der Waals surface area contributed by atoms with Gasteiger partial charge in [-0.05, 0) is 30.3 Å². The third-order valence-electron chi connectivity index (χ3n) is 2.89. The van der Waals surface area contributed by atoms with Gasteiger partial charge in [-0.3, -0.25) is 0 Å². The van der Waals surface area contributed by atoms with Crippen LogP contribution in [-0.4, -0.2) is 4.98 Å². The highest BCUT2D eigenvalue weighted by Crippen LogP contribution is 2.36. The summed E-state index contributed by atoms with van der Waals surface area (Å²) in [6.45, 7) is 0. The molecule has 0 aliphatic rings. The first-order chi connectivity index (χ1) is 9.93. The van der Waals surface area contributed by atoms with Crippen LogP contribution < -0.4 is 11.1 Å². The molecule has 108 valence electrons. The third-order valence-corrected chi connectivity index (χ3v) is 2.89. The Bertz CT molecular complexity index is 796. The molecule has 21 heavy (non-hydrogen) atoms. The molecule has 1 aromatic heterocycles. The number of halogens is 3. The van der Waals surface area contributed by atoms with Gasteiger partial charge < -0.3 is 15.5 Å². The number of nitrogens with zero attached hydrogens (tertiary/aromatic N) is 1. The molecule has 4 nitrogen and oxygen atoms in total. The van der Waals surface area contributed by atoms with E-state index in [9.17, 15) is 13.2 Å². The molecule has 3 rings (SSSR count). The molecule has 0 spiro atoms. The maximum Gasteiger partial charge on any atom is 0.418 e. The largest absolute Gasteiger partial charge is 0.423 e. The Balaban J connectivity index is 1.99. The molecule has 3 aromatic rings. The van der Waals surface area contributed by atoms with E-state index in [0.29, 0.717) is 16.8 Å². The summed E-state index contributed by atoms with van der Waals surface area (Å²) in [6.07, 6.45) is -4.46. The number of aromatic nitrogens is 1. The van der Waals surface area contributed by atoms with Crippen LogP contribution in [0.15, 0.2) is 46.9 Å². The minimum absolute atomic E-state index is 0.0210. The Kier molecular flexibility index (Phi) is 2.97. The second-order valence-electron chi connectivity index (χ2n) is 4.41. The number of para-hydroxylation sites is 1. The van der Waals surface area contributed by atoms with E-state index in [1.807, 2.05) is 0 Å². The minimum Gasteiger partial charge on any atom is -0.423 e. The van der Waals surface area contributed by atoms with Crippen LogP contribution in [0.2, 0.25) is 0 Å². The van der Waals surface area contributed by atoms with Crippen LogP contribution in [-0.2, 0) is 6.18 Å². The highest BCUT2D eigenvalue weighted by molar-refractivity contribution is 5.79. The Morgan fingerprint density at radius 3 is 2.62 bits per heavy atom. The van der Waals surface area contributed by atoms with E-state index < -0.39 is 11.7 Å². The van der Waals surface area contributed by atoms with E-state index in [4.69, 9.17) is 10.2 Å². The monoisotopic (exact) mass is 293 g/mol. The summed E-state index contributed by atoms with van der Waals surface area (Å²) < 4.78 is 44.1. The number of alkyl halides is 3. The molecule has 0 unspecified atom stereocenters. The summed E-state index contributed by atoms with van der Waals surface area (Å²) in [5.41, 5.74) is 6.12. The lowest BCUT2D eigenvalue weighted by atomic mass is 10.2. The summed E-state index contributed by atoms with van der Waals surface area (Å²) in [4.78, 5) is 4.07. The number of benzene rings is 2. The second kappa shape index (κ2) is 4.69. The smallest absolute Gasteiger partial charge is 0.418 e. The number of anilines is 3. The van der Waals surface area contributed by atoms with Crippen molar-refractivity contribution >= 4 is 28.5 Å². The van der Waals surface area contributed by atoms with Gasteiger partial charge in [-0.15, -0.1) is 0 Å². The first-order valence-electron chi connectivity index (χ1n) is 6.03. The quantitative estimate of drug-likeness (QED) is 0.696. The second-order valence-corrected chi connectivity index (χ2v) is 4.41. The summed E-state index contributed by atoms with van der Waals surface area (Å²) >= 11 is 0. The molecule has 1 heterocycles. The van der Waals surface area contributed by atoms with Gasteiger partial charge in [-0.25, -0.2) is 0 Å². The zero-order valence-corrected chi connectivity index (χ0v) is 10.6. The van der Waals surface area contributed by atoms with Crippen molar-refractivity contribution in [2.75, 3.05) is 11.1 Å². The van der Waals surface area contributed by atoms with Gasteiger partial charge in [0.1, 0.15) is 5.52 Å². The minimum atomic E-state index is -4.46. The topological polar surface area (TPSA) is 64.1 Å². The van der Waals surface area contributed by atoms with Crippen molar-refractivity contribution in [3.8, 4) is 0 Å². The number of hydrogen-bond donors (Lipinski definition) is 2. The van der Waals surface area contributed by atoms with Crippen LogP contribution in [0.3, 0.4) is 0 Å². The van der Waals surface area contributed by atoms with Crippen LogP contribution >= 0.6 is 0 Å². The molecule has 7 heteroatoms. The number of rotatable bonds is 2. The zero-order chi connectivity index (χ0) is 15.0. The molecule has 0 saturated heterocycles. The van der Waals surface area contributed by atoms with E-state index in [2.05, 4.69) is 10.3 Å². The van der Waals surface area contributed by atoms with Gasteiger partial charge in [0, 0.05) is 5.69 Å². The van der Waals surface area contributed by atoms with Gasteiger partial charge in [0.25, 0.3) is 6.01 Å². The number of nitrogens with one attached hydrogen (secondary N) is 1. The lowest BCUT2D eigenvalue weighted by Gasteiger charge is -2.11. The molecule has 3 N–H and O–H groups in total. The SMILES string of the molecule is Nc1ccc2oc(Nc3ccccc3C(F)(F)F)nc2c1. The Morgan fingerprint density at radius 1 is 1.10 bits per heavy atom. The molecule has 0 aliphatic heterocycles. The number of nitrogen functional groups attached to an aromatic ring is 1. The van der Waals surface area contributed by atoms with Crippen molar-refractivity contribution in [1.29, 1.82) is 0 Å². The molecular weight excluding hydrogens is 283 g/mol. The number of oxazole rings is 1. The lowest BCUT2D eigenvalue weighted by Crippen LogP contribution is -2.08. The van der Waals surface area contributed by atoms with Crippen LogP contribution in [0.4, 0.5) is 30.6 Å². The van der Waals surface area contributed by atoms with Crippen LogP contribution in [0.1, 0.15) is 5.56 Å². The van der Waals surface area contributed by atoms with E-state index >= 15 is 0 Å². The van der Waals surface area contributed by atoms with Crippen molar-refractivity contribution < 1.29 is 17.6 Å². The van der Waals surface area contributed by atoms with Gasteiger partial charge in [0.2, 0.25) is 0 Å². The third kappa shape index (κ3) is 2.62. The molecule has 0 saturated carbocycles. The van der Waals surface area contributed by atoms with Crippen LogP contribution in [0.25, 0.3) is 11.1 Å². The summed E-state index contributed by atoms with van der Waals surface area (Å²) in [7, 11) is 0. The predicted octanol–water partition coefficient (Wildman–Crippen LogP) is 4.17. The maximum absolute atomic E-state index is 12.9. The molecule has 0 radical (unpaired) electrons. The van der Waals surface area contributed by atoms with Gasteiger partial charge in [-0.1, -0.05) is 12.1 Å². The van der Waals surface area contributed by atoms with Gasteiger partial charge in [-0.2, -0.15) is 18.2 Å². The molecular formula is C14H10F3N3O. The fourth-order valence-corrected chi connectivity index (χ4v) is 1.95. The standard InChI is InChI=1S/C14H10F3N3O/c15-14(16,17)9-3-1-2-4-10(9)19-13-20-11-7-8(18)5-6-12(11)21-13/h1-7H,18H2,(H,19,20). The van der Waals surface area contributed by atoms with E-state index in [1.54, 1.807) is 18.2 Å². The molecule has 0 aliphatic carbocycles. The zero-order valence-electron chi connectivity index (χ0n) is 10.6. The lowest BCUT2D eigenvalue weighted by molar-refractivity contribution is -0.136. The first kappa shape index (κ1) is 13.3. The van der Waals surface area contributed by atoms with E-state index in [1.165, 1.54) is 18.2 Å². The average molecular weight is 293 g/mol. The highest BCUT2D eigenvalue weighted by Gasteiger charge is 2.33. The fraction of sp³-hybridized carbons (Fsp3) is 0.0714. The molecule has 0 bridgehead atoms. The summed E-state index contributed by atoms with van der Waals surface area (Å²) in [5, 5.41) is 2.55. The van der Waals surface area contributed by atoms with Crippen LogP contribution in [0, 0.1) is 0 Å². The number of hydrogen-bond acceptors (Lipinski definition) is 4. The van der Waals surface area contributed by atoms with Gasteiger partial charge >= 0.3 is 6.18 Å². The Morgan fingerprint density at radius 2 is 1.86 bits per heavy atom. The van der Waals surface area contributed by atoms with E-state index in [0.717, 1.165) is 6.07 Å². The Hall–Kier alpha value is -2.70. The van der Waals surface area contributed by atoms with Gasteiger partial charge in [0.05, 0.1) is 11.3 Å². The summed E-state index contributed by atoms with van der Waals surface area (Å²) in [6, 6.07) is 9.92. The molecule has 0 fully saturated rings. The number of nitrogens with two attached hydrogens (primary N) is 1. The van der Waals surface area contributed by atoms with Crippen LogP contribution in [0.5, 0.6) is 0 Å².